The molecule has 3 heterocycles. The van der Waals surface area contributed by atoms with Crippen LogP contribution in [0.1, 0.15) is 52.3 Å². The van der Waals surface area contributed by atoms with Crippen molar-refractivity contribution in [1.29, 1.82) is 0 Å². The third-order valence-electron chi connectivity index (χ3n) is 6.53. The Labute approximate surface area is 213 Å². The van der Waals surface area contributed by atoms with E-state index in [-0.39, 0.29) is 18.6 Å². The van der Waals surface area contributed by atoms with Crippen molar-refractivity contribution in [2.75, 3.05) is 36.0 Å². The van der Waals surface area contributed by atoms with E-state index in [4.69, 9.17) is 4.74 Å². The molecular formula is C26H29F3N6O2. The summed E-state index contributed by atoms with van der Waals surface area (Å²) in [5, 5.41) is 9.00. The molecule has 0 radical (unpaired) electrons. The number of carbonyl (C=O) groups excluding carboxylic acids is 1. The van der Waals surface area contributed by atoms with Crippen LogP contribution in [0.25, 0.3) is 0 Å². The summed E-state index contributed by atoms with van der Waals surface area (Å²) in [7, 11) is 0. The minimum atomic E-state index is -4.82. The Hall–Kier alpha value is -3.76. The van der Waals surface area contributed by atoms with Gasteiger partial charge in [-0.15, -0.1) is 5.10 Å². The van der Waals surface area contributed by atoms with Gasteiger partial charge in [-0.2, -0.15) is 18.3 Å². The van der Waals surface area contributed by atoms with Gasteiger partial charge in [-0.1, -0.05) is 30.3 Å². The molecular weight excluding hydrogens is 485 g/mol. The molecule has 3 aromatic rings. The SMILES string of the molecule is CCOC(=O)c1cnc(N2CCN(c3nnc(Cc4ccccc4)c(C)c3C)CC2C)nc1C(F)(F)F. The molecule has 8 nitrogen and oxygen atoms in total. The Morgan fingerprint density at radius 2 is 1.84 bits per heavy atom. The van der Waals surface area contributed by atoms with Crippen LogP contribution in [0.2, 0.25) is 0 Å². The molecule has 1 atom stereocenters. The normalized spacial score (nSPS) is 16.1. The number of esters is 1. The molecule has 1 aliphatic rings. The summed E-state index contributed by atoms with van der Waals surface area (Å²) in [5.41, 5.74) is 2.17. The number of hydrogen-bond acceptors (Lipinski definition) is 8. The van der Waals surface area contributed by atoms with Crippen molar-refractivity contribution in [2.45, 2.75) is 46.3 Å². The topological polar surface area (TPSA) is 84.3 Å². The second kappa shape index (κ2) is 10.7. The van der Waals surface area contributed by atoms with Gasteiger partial charge in [0.15, 0.2) is 11.5 Å². The van der Waals surface area contributed by atoms with E-state index in [9.17, 15) is 18.0 Å². The summed E-state index contributed by atoms with van der Waals surface area (Å²) >= 11 is 0. The highest BCUT2D eigenvalue weighted by atomic mass is 19.4. The van der Waals surface area contributed by atoms with Crippen LogP contribution in [-0.4, -0.2) is 58.4 Å². The summed E-state index contributed by atoms with van der Waals surface area (Å²) in [6.45, 7) is 8.78. The van der Waals surface area contributed by atoms with Gasteiger partial charge in [0.25, 0.3) is 0 Å². The number of hydrogen-bond donors (Lipinski definition) is 0. The molecule has 0 N–H and O–H groups in total. The predicted molar refractivity (Wildman–Crippen MR) is 133 cm³/mol. The Morgan fingerprint density at radius 1 is 1.11 bits per heavy atom. The molecule has 2 aromatic heterocycles. The van der Waals surface area contributed by atoms with E-state index in [0.29, 0.717) is 26.1 Å². The fourth-order valence-corrected chi connectivity index (χ4v) is 4.43. The average molecular weight is 515 g/mol. The predicted octanol–water partition coefficient (Wildman–Crippen LogP) is 4.38. The molecule has 1 fully saturated rings. The number of alkyl halides is 3. The van der Waals surface area contributed by atoms with Gasteiger partial charge in [0.2, 0.25) is 5.95 Å². The fourth-order valence-electron chi connectivity index (χ4n) is 4.43. The van der Waals surface area contributed by atoms with E-state index in [0.717, 1.165) is 34.4 Å². The van der Waals surface area contributed by atoms with Crippen LogP contribution in [0.3, 0.4) is 0 Å². The van der Waals surface area contributed by atoms with Gasteiger partial charge >= 0.3 is 12.1 Å². The first-order chi connectivity index (χ1) is 17.6. The molecule has 4 rings (SSSR count). The Morgan fingerprint density at radius 3 is 2.49 bits per heavy atom. The second-order valence-electron chi connectivity index (χ2n) is 9.02. The minimum absolute atomic E-state index is 0.0497. The lowest BCUT2D eigenvalue weighted by Gasteiger charge is -2.41. The number of ether oxygens (including phenoxy) is 1. The smallest absolute Gasteiger partial charge is 0.434 e. The maximum atomic E-state index is 13.7. The van der Waals surface area contributed by atoms with Gasteiger partial charge in [0.1, 0.15) is 5.56 Å². The van der Waals surface area contributed by atoms with Crippen LogP contribution in [0.5, 0.6) is 0 Å². The Balaban J connectivity index is 1.53. The van der Waals surface area contributed by atoms with Crippen LogP contribution in [0.4, 0.5) is 24.9 Å². The van der Waals surface area contributed by atoms with Gasteiger partial charge in [-0.3, -0.25) is 0 Å². The van der Waals surface area contributed by atoms with Crippen molar-refractivity contribution in [2.24, 2.45) is 0 Å². The van der Waals surface area contributed by atoms with Crippen molar-refractivity contribution < 1.29 is 22.7 Å². The molecule has 1 aromatic carbocycles. The molecule has 0 spiro atoms. The lowest BCUT2D eigenvalue weighted by Crippen LogP contribution is -2.53. The number of carbonyl (C=O) groups is 1. The number of rotatable bonds is 6. The van der Waals surface area contributed by atoms with E-state index in [1.165, 1.54) is 6.92 Å². The number of anilines is 2. The summed E-state index contributed by atoms with van der Waals surface area (Å²) in [6, 6.07) is 9.85. The standard InChI is InChI=1S/C26H29F3N6O2/c1-5-37-24(36)20-14-30-25(31-22(20)26(27,28)29)35-12-11-34(15-16(35)2)23-18(4)17(3)21(32-33-23)13-19-9-7-6-8-10-19/h6-10,14,16H,5,11-13,15H2,1-4H3. The molecule has 1 aliphatic heterocycles. The van der Waals surface area contributed by atoms with E-state index >= 15 is 0 Å². The first kappa shape index (κ1) is 26.3. The zero-order valence-corrected chi connectivity index (χ0v) is 21.2. The van der Waals surface area contributed by atoms with Crippen molar-refractivity contribution in [3.63, 3.8) is 0 Å². The maximum Gasteiger partial charge on any atom is 0.434 e. The van der Waals surface area contributed by atoms with Gasteiger partial charge < -0.3 is 14.5 Å². The third-order valence-corrected chi connectivity index (χ3v) is 6.53. The number of aromatic nitrogens is 4. The van der Waals surface area contributed by atoms with Crippen LogP contribution in [0, 0.1) is 13.8 Å². The molecule has 0 aliphatic carbocycles. The van der Waals surface area contributed by atoms with E-state index < -0.39 is 23.4 Å². The minimum Gasteiger partial charge on any atom is -0.462 e. The first-order valence-corrected chi connectivity index (χ1v) is 12.1. The van der Waals surface area contributed by atoms with Gasteiger partial charge in [0, 0.05) is 38.3 Å². The van der Waals surface area contributed by atoms with Gasteiger partial charge in [-0.05, 0) is 44.4 Å². The van der Waals surface area contributed by atoms with Gasteiger partial charge in [-0.25, -0.2) is 14.8 Å². The van der Waals surface area contributed by atoms with Crippen molar-refractivity contribution in [3.05, 3.63) is 70.2 Å². The quantitative estimate of drug-likeness (QED) is 0.448. The molecule has 0 amide bonds. The van der Waals surface area contributed by atoms with Crippen LogP contribution in [0.15, 0.2) is 36.5 Å². The van der Waals surface area contributed by atoms with E-state index in [2.05, 4.69) is 37.2 Å². The summed E-state index contributed by atoms with van der Waals surface area (Å²) in [4.78, 5) is 23.6. The molecule has 0 bridgehead atoms. The zero-order chi connectivity index (χ0) is 26.7. The second-order valence-corrected chi connectivity index (χ2v) is 9.02. The summed E-state index contributed by atoms with van der Waals surface area (Å²) in [5.74, 6) is -0.417. The first-order valence-electron chi connectivity index (χ1n) is 12.1. The molecule has 0 saturated carbocycles. The van der Waals surface area contributed by atoms with E-state index in [1.807, 2.05) is 39.0 Å². The Bertz CT molecular complexity index is 1270. The highest BCUT2D eigenvalue weighted by Gasteiger charge is 2.39. The summed E-state index contributed by atoms with van der Waals surface area (Å²) < 4.78 is 45.8. The third kappa shape index (κ3) is 5.65. The zero-order valence-electron chi connectivity index (χ0n) is 21.2. The molecule has 196 valence electrons. The van der Waals surface area contributed by atoms with Crippen LogP contribution < -0.4 is 9.80 Å². The lowest BCUT2D eigenvalue weighted by atomic mass is 10.0. The highest BCUT2D eigenvalue weighted by Crippen LogP contribution is 2.33. The number of nitrogens with zero attached hydrogens (tertiary/aromatic N) is 6. The number of piperazine rings is 1. The molecule has 37 heavy (non-hydrogen) atoms. The number of halogens is 3. The van der Waals surface area contributed by atoms with Gasteiger partial charge in [0.05, 0.1) is 12.3 Å². The largest absolute Gasteiger partial charge is 0.462 e. The average Bonchev–Trinajstić information content (AvgIpc) is 2.87. The fraction of sp³-hybridized carbons (Fsp3) is 0.423. The van der Waals surface area contributed by atoms with Crippen molar-refractivity contribution >= 4 is 17.7 Å². The Kier molecular flexibility index (Phi) is 7.60. The van der Waals surface area contributed by atoms with Crippen molar-refractivity contribution in [3.8, 4) is 0 Å². The van der Waals surface area contributed by atoms with Crippen LogP contribution in [-0.2, 0) is 17.3 Å². The monoisotopic (exact) mass is 514 g/mol. The van der Waals surface area contributed by atoms with E-state index in [1.54, 1.807) is 4.90 Å². The summed E-state index contributed by atoms with van der Waals surface area (Å²) in [6.07, 6.45) is -3.24. The van der Waals surface area contributed by atoms with Crippen molar-refractivity contribution in [1.82, 2.24) is 20.2 Å². The maximum absolute atomic E-state index is 13.7. The highest BCUT2D eigenvalue weighted by molar-refractivity contribution is 5.90. The molecule has 1 saturated heterocycles. The molecule has 1 unspecified atom stereocenters. The lowest BCUT2D eigenvalue weighted by molar-refractivity contribution is -0.141. The number of benzene rings is 1. The van der Waals surface area contributed by atoms with Crippen LogP contribution >= 0.6 is 0 Å². The molecule has 11 heteroatoms.